The van der Waals surface area contributed by atoms with Gasteiger partial charge in [0.25, 0.3) is 0 Å². The van der Waals surface area contributed by atoms with E-state index in [2.05, 4.69) is 29.4 Å². The molecule has 0 aliphatic rings. The minimum Gasteiger partial charge on any atom is -0.309 e. The molecule has 0 aliphatic carbocycles. The number of aromatic nitrogens is 1. The van der Waals surface area contributed by atoms with E-state index in [9.17, 15) is 4.39 Å². The van der Waals surface area contributed by atoms with Gasteiger partial charge in [0.2, 0.25) is 0 Å². The van der Waals surface area contributed by atoms with Crippen molar-refractivity contribution in [2.24, 2.45) is 0 Å². The predicted molar refractivity (Wildman–Crippen MR) is 68.8 cm³/mol. The lowest BCUT2D eigenvalue weighted by molar-refractivity contribution is 0.610. The van der Waals surface area contributed by atoms with Crippen LogP contribution in [0, 0.1) is 5.82 Å². The molecule has 0 bridgehead atoms. The molecule has 2 aromatic rings. The van der Waals surface area contributed by atoms with E-state index in [0.717, 1.165) is 12.0 Å². The van der Waals surface area contributed by atoms with Crippen LogP contribution in [0.2, 0.25) is 0 Å². The van der Waals surface area contributed by atoms with E-state index in [0.29, 0.717) is 0 Å². The molecule has 2 aromatic heterocycles. The number of halogens is 1. The van der Waals surface area contributed by atoms with E-state index in [1.165, 1.54) is 22.0 Å². The van der Waals surface area contributed by atoms with Crippen LogP contribution in [-0.4, -0.2) is 12.0 Å². The van der Waals surface area contributed by atoms with E-state index >= 15 is 0 Å². The number of thiophene rings is 1. The SMILES string of the molecule is CCc1ccc(C(NC)c2cncc(F)c2)s1. The first-order valence-electron chi connectivity index (χ1n) is 5.61. The average molecular weight is 250 g/mol. The van der Waals surface area contributed by atoms with Gasteiger partial charge >= 0.3 is 0 Å². The van der Waals surface area contributed by atoms with Crippen LogP contribution in [0.3, 0.4) is 0 Å². The average Bonchev–Trinajstić information content (AvgIpc) is 2.79. The molecule has 90 valence electrons. The normalized spacial score (nSPS) is 12.6. The zero-order chi connectivity index (χ0) is 12.3. The highest BCUT2D eigenvalue weighted by Crippen LogP contribution is 2.28. The number of rotatable bonds is 4. The molecule has 17 heavy (non-hydrogen) atoms. The Hall–Kier alpha value is -1.26. The highest BCUT2D eigenvalue weighted by Gasteiger charge is 2.14. The Morgan fingerprint density at radius 3 is 2.82 bits per heavy atom. The predicted octanol–water partition coefficient (Wildman–Crippen LogP) is 3.15. The summed E-state index contributed by atoms with van der Waals surface area (Å²) < 4.78 is 13.2. The summed E-state index contributed by atoms with van der Waals surface area (Å²) in [7, 11) is 1.88. The molecule has 2 rings (SSSR count). The van der Waals surface area contributed by atoms with Crippen LogP contribution in [0.25, 0.3) is 0 Å². The maximum Gasteiger partial charge on any atom is 0.141 e. The van der Waals surface area contributed by atoms with Gasteiger partial charge in [0.15, 0.2) is 0 Å². The highest BCUT2D eigenvalue weighted by molar-refractivity contribution is 7.12. The van der Waals surface area contributed by atoms with E-state index in [1.807, 2.05) is 7.05 Å². The van der Waals surface area contributed by atoms with Gasteiger partial charge in [-0.05, 0) is 37.2 Å². The van der Waals surface area contributed by atoms with Crippen molar-refractivity contribution in [1.82, 2.24) is 10.3 Å². The van der Waals surface area contributed by atoms with Crippen LogP contribution in [0.15, 0.2) is 30.6 Å². The second-order valence-electron chi connectivity index (χ2n) is 3.82. The topological polar surface area (TPSA) is 24.9 Å². The molecule has 2 heterocycles. The van der Waals surface area contributed by atoms with Crippen LogP contribution in [-0.2, 0) is 6.42 Å². The molecule has 0 aromatic carbocycles. The third kappa shape index (κ3) is 2.70. The van der Waals surface area contributed by atoms with Crippen LogP contribution >= 0.6 is 11.3 Å². The number of nitrogens with one attached hydrogen (secondary N) is 1. The van der Waals surface area contributed by atoms with Gasteiger partial charge in [-0.2, -0.15) is 0 Å². The van der Waals surface area contributed by atoms with Crippen LogP contribution in [0.1, 0.15) is 28.3 Å². The molecule has 1 atom stereocenters. The number of nitrogens with zero attached hydrogens (tertiary/aromatic N) is 1. The van der Waals surface area contributed by atoms with Gasteiger partial charge in [-0.15, -0.1) is 11.3 Å². The van der Waals surface area contributed by atoms with Gasteiger partial charge in [0.05, 0.1) is 12.2 Å². The van der Waals surface area contributed by atoms with Crippen molar-refractivity contribution in [3.63, 3.8) is 0 Å². The minimum atomic E-state index is -0.296. The lowest BCUT2D eigenvalue weighted by atomic mass is 10.1. The van der Waals surface area contributed by atoms with E-state index < -0.39 is 0 Å². The van der Waals surface area contributed by atoms with E-state index in [4.69, 9.17) is 0 Å². The summed E-state index contributed by atoms with van der Waals surface area (Å²) in [4.78, 5) is 6.42. The molecule has 0 aliphatic heterocycles. The molecule has 0 saturated heterocycles. The lowest BCUT2D eigenvalue weighted by Gasteiger charge is -2.14. The first kappa shape index (κ1) is 12.2. The van der Waals surface area contributed by atoms with Crippen molar-refractivity contribution < 1.29 is 4.39 Å². The summed E-state index contributed by atoms with van der Waals surface area (Å²) in [5.41, 5.74) is 0.858. The second-order valence-corrected chi connectivity index (χ2v) is 5.02. The molecule has 0 fully saturated rings. The summed E-state index contributed by atoms with van der Waals surface area (Å²) >= 11 is 1.75. The van der Waals surface area contributed by atoms with Crippen molar-refractivity contribution in [1.29, 1.82) is 0 Å². The Labute approximate surface area is 105 Å². The summed E-state index contributed by atoms with van der Waals surface area (Å²) in [6.45, 7) is 2.13. The van der Waals surface area contributed by atoms with Gasteiger partial charge in [-0.3, -0.25) is 4.98 Å². The van der Waals surface area contributed by atoms with E-state index in [1.54, 1.807) is 17.5 Å². The number of aryl methyl sites for hydroxylation is 1. The lowest BCUT2D eigenvalue weighted by Crippen LogP contribution is -2.16. The first-order chi connectivity index (χ1) is 8.24. The maximum atomic E-state index is 13.2. The molecule has 2 nitrogen and oxygen atoms in total. The summed E-state index contributed by atoms with van der Waals surface area (Å²) in [5, 5.41) is 3.20. The maximum absolute atomic E-state index is 13.2. The van der Waals surface area contributed by atoms with Gasteiger partial charge in [-0.1, -0.05) is 6.92 Å². The fourth-order valence-corrected chi connectivity index (χ4v) is 2.89. The van der Waals surface area contributed by atoms with Crippen molar-refractivity contribution in [2.75, 3.05) is 7.05 Å². The largest absolute Gasteiger partial charge is 0.309 e. The summed E-state index contributed by atoms with van der Waals surface area (Å²) in [6, 6.07) is 5.76. The van der Waals surface area contributed by atoms with Gasteiger partial charge in [0.1, 0.15) is 5.82 Å². The highest BCUT2D eigenvalue weighted by atomic mass is 32.1. The zero-order valence-electron chi connectivity index (χ0n) is 9.90. The van der Waals surface area contributed by atoms with Gasteiger partial charge in [0, 0.05) is 16.0 Å². The van der Waals surface area contributed by atoms with Crippen molar-refractivity contribution in [2.45, 2.75) is 19.4 Å². The molecular formula is C13H15FN2S. The number of pyridine rings is 1. The Balaban J connectivity index is 2.33. The van der Waals surface area contributed by atoms with Crippen molar-refractivity contribution in [3.05, 3.63) is 51.7 Å². The Morgan fingerprint density at radius 1 is 1.41 bits per heavy atom. The summed E-state index contributed by atoms with van der Waals surface area (Å²) in [5.74, 6) is -0.296. The monoisotopic (exact) mass is 250 g/mol. The molecule has 0 amide bonds. The number of hydrogen-bond acceptors (Lipinski definition) is 3. The second kappa shape index (κ2) is 5.38. The van der Waals surface area contributed by atoms with Crippen LogP contribution in [0.4, 0.5) is 4.39 Å². The first-order valence-corrected chi connectivity index (χ1v) is 6.42. The fraction of sp³-hybridized carbons (Fsp3) is 0.308. The fourth-order valence-electron chi connectivity index (χ4n) is 1.80. The van der Waals surface area contributed by atoms with Crippen LogP contribution < -0.4 is 5.32 Å². The standard InChI is InChI=1S/C13H15FN2S/c1-3-11-4-5-12(17-11)13(15-2)9-6-10(14)8-16-7-9/h4-8,13,15H,3H2,1-2H3. The molecule has 0 saturated carbocycles. The Morgan fingerprint density at radius 2 is 2.24 bits per heavy atom. The Kier molecular flexibility index (Phi) is 3.86. The summed E-state index contributed by atoms with van der Waals surface area (Å²) in [6.07, 6.45) is 3.96. The molecule has 0 radical (unpaired) electrons. The van der Waals surface area contributed by atoms with Crippen molar-refractivity contribution >= 4 is 11.3 Å². The third-order valence-electron chi connectivity index (χ3n) is 2.66. The van der Waals surface area contributed by atoms with Gasteiger partial charge in [-0.25, -0.2) is 4.39 Å². The number of hydrogen-bond donors (Lipinski definition) is 1. The Bertz CT molecular complexity index is 496. The van der Waals surface area contributed by atoms with Gasteiger partial charge < -0.3 is 5.32 Å². The van der Waals surface area contributed by atoms with Crippen LogP contribution in [0.5, 0.6) is 0 Å². The zero-order valence-corrected chi connectivity index (χ0v) is 10.7. The molecule has 1 unspecified atom stereocenters. The third-order valence-corrected chi connectivity index (χ3v) is 3.96. The minimum absolute atomic E-state index is 0.0171. The van der Waals surface area contributed by atoms with E-state index in [-0.39, 0.29) is 11.9 Å². The molecule has 0 spiro atoms. The molecule has 4 heteroatoms. The molecular weight excluding hydrogens is 235 g/mol. The van der Waals surface area contributed by atoms with Crippen molar-refractivity contribution in [3.8, 4) is 0 Å². The quantitative estimate of drug-likeness (QED) is 0.901. The smallest absolute Gasteiger partial charge is 0.141 e. The molecule has 1 N–H and O–H groups in total.